The molecule has 15 heavy (non-hydrogen) atoms. The van der Waals surface area contributed by atoms with Crippen molar-refractivity contribution in [3.8, 4) is 0 Å². The van der Waals surface area contributed by atoms with Gasteiger partial charge in [-0.25, -0.2) is 0 Å². The van der Waals surface area contributed by atoms with E-state index in [-0.39, 0.29) is 12.4 Å². The maximum absolute atomic E-state index is 11.0. The third-order valence-electron chi connectivity index (χ3n) is 1.72. The SMILES string of the molecule is COC(=O)[C@@H](N)Cc1ccc(Br)cn1.Cl. The van der Waals surface area contributed by atoms with Crippen molar-refractivity contribution in [1.29, 1.82) is 0 Å². The molecule has 1 atom stereocenters. The molecule has 0 saturated heterocycles. The van der Waals surface area contributed by atoms with Crippen LogP contribution in [0.1, 0.15) is 5.69 Å². The molecule has 0 bridgehead atoms. The van der Waals surface area contributed by atoms with E-state index < -0.39 is 12.0 Å². The molecular weight excluding hydrogens is 283 g/mol. The summed E-state index contributed by atoms with van der Waals surface area (Å²) < 4.78 is 5.40. The second-order valence-corrected chi connectivity index (χ2v) is 3.72. The predicted molar refractivity (Wildman–Crippen MR) is 62.9 cm³/mol. The van der Waals surface area contributed by atoms with Crippen LogP contribution in [0.2, 0.25) is 0 Å². The highest BCUT2D eigenvalue weighted by molar-refractivity contribution is 9.10. The first-order chi connectivity index (χ1) is 6.63. The molecule has 0 aromatic carbocycles. The fraction of sp³-hybridized carbons (Fsp3) is 0.333. The van der Waals surface area contributed by atoms with Gasteiger partial charge in [-0.3, -0.25) is 9.78 Å². The van der Waals surface area contributed by atoms with Crippen molar-refractivity contribution in [3.63, 3.8) is 0 Å². The Kier molecular flexibility index (Phi) is 6.47. The monoisotopic (exact) mass is 294 g/mol. The molecule has 0 aliphatic rings. The van der Waals surface area contributed by atoms with Crippen LogP contribution >= 0.6 is 28.3 Å². The first kappa shape index (κ1) is 14.3. The molecule has 0 spiro atoms. The zero-order valence-corrected chi connectivity index (χ0v) is 10.5. The molecule has 0 radical (unpaired) electrons. The zero-order valence-electron chi connectivity index (χ0n) is 8.14. The molecule has 4 nitrogen and oxygen atoms in total. The van der Waals surface area contributed by atoms with Crippen LogP contribution in [0.5, 0.6) is 0 Å². The van der Waals surface area contributed by atoms with E-state index in [1.165, 1.54) is 7.11 Å². The third kappa shape index (κ3) is 4.59. The Bertz CT molecular complexity index is 318. The summed E-state index contributed by atoms with van der Waals surface area (Å²) in [6.07, 6.45) is 2.05. The molecule has 2 N–H and O–H groups in total. The van der Waals surface area contributed by atoms with Crippen LogP contribution in [0, 0.1) is 0 Å². The summed E-state index contributed by atoms with van der Waals surface area (Å²) in [4.78, 5) is 15.1. The van der Waals surface area contributed by atoms with E-state index in [9.17, 15) is 4.79 Å². The Balaban J connectivity index is 0.00000196. The summed E-state index contributed by atoms with van der Waals surface area (Å²) in [5.74, 6) is -0.422. The standard InChI is InChI=1S/C9H11BrN2O2.ClH/c1-14-9(13)8(11)4-7-3-2-6(10)5-12-7;/h2-3,5,8H,4,11H2,1H3;1H/t8-;/m0./s1. The number of nitrogens with two attached hydrogens (primary N) is 1. The van der Waals surface area contributed by atoms with Crippen LogP contribution in [0.4, 0.5) is 0 Å². The zero-order chi connectivity index (χ0) is 10.6. The van der Waals surface area contributed by atoms with Gasteiger partial charge >= 0.3 is 5.97 Å². The van der Waals surface area contributed by atoms with Crippen LogP contribution in [-0.2, 0) is 16.0 Å². The van der Waals surface area contributed by atoms with Gasteiger partial charge in [-0.2, -0.15) is 0 Å². The fourth-order valence-corrected chi connectivity index (χ4v) is 1.22. The maximum atomic E-state index is 11.0. The minimum Gasteiger partial charge on any atom is -0.468 e. The van der Waals surface area contributed by atoms with Crippen LogP contribution in [0.15, 0.2) is 22.8 Å². The van der Waals surface area contributed by atoms with Crippen LogP contribution in [-0.4, -0.2) is 24.1 Å². The van der Waals surface area contributed by atoms with Gasteiger partial charge in [0.15, 0.2) is 0 Å². The quantitative estimate of drug-likeness (QED) is 0.854. The minimum atomic E-state index is -0.645. The van der Waals surface area contributed by atoms with Gasteiger partial charge < -0.3 is 10.5 Å². The number of carbonyl (C=O) groups is 1. The Morgan fingerprint density at radius 1 is 1.67 bits per heavy atom. The van der Waals surface area contributed by atoms with Crippen molar-refractivity contribution < 1.29 is 9.53 Å². The highest BCUT2D eigenvalue weighted by atomic mass is 79.9. The second-order valence-electron chi connectivity index (χ2n) is 2.80. The van der Waals surface area contributed by atoms with Gasteiger partial charge in [-0.1, -0.05) is 0 Å². The molecule has 1 rings (SSSR count). The largest absolute Gasteiger partial charge is 0.468 e. The lowest BCUT2D eigenvalue weighted by atomic mass is 10.1. The summed E-state index contributed by atoms with van der Waals surface area (Å²) in [5, 5.41) is 0. The summed E-state index contributed by atoms with van der Waals surface area (Å²) >= 11 is 3.27. The highest BCUT2D eigenvalue weighted by Gasteiger charge is 2.14. The number of rotatable bonds is 3. The molecular formula is C9H12BrClN2O2. The molecule has 0 aliphatic carbocycles. The van der Waals surface area contributed by atoms with Crippen molar-refractivity contribution in [2.45, 2.75) is 12.5 Å². The number of ether oxygens (including phenoxy) is 1. The van der Waals surface area contributed by atoms with Crippen molar-refractivity contribution in [2.75, 3.05) is 7.11 Å². The van der Waals surface area contributed by atoms with E-state index in [1.807, 2.05) is 12.1 Å². The van der Waals surface area contributed by atoms with E-state index in [0.717, 1.165) is 10.2 Å². The van der Waals surface area contributed by atoms with E-state index in [1.54, 1.807) is 6.20 Å². The first-order valence-corrected chi connectivity index (χ1v) is 4.86. The molecule has 1 aromatic rings. The van der Waals surface area contributed by atoms with Crippen LogP contribution < -0.4 is 5.73 Å². The summed E-state index contributed by atoms with van der Waals surface area (Å²) in [6, 6.07) is 3.02. The summed E-state index contributed by atoms with van der Waals surface area (Å²) in [5.41, 5.74) is 6.34. The smallest absolute Gasteiger partial charge is 0.323 e. The van der Waals surface area contributed by atoms with Gasteiger partial charge in [-0.05, 0) is 28.1 Å². The number of pyridine rings is 1. The number of aromatic nitrogens is 1. The topological polar surface area (TPSA) is 65.2 Å². The molecule has 6 heteroatoms. The Morgan fingerprint density at radius 2 is 2.33 bits per heavy atom. The van der Waals surface area contributed by atoms with Gasteiger partial charge in [-0.15, -0.1) is 12.4 Å². The predicted octanol–water partition coefficient (Wildman–Crippen LogP) is 1.31. The number of nitrogens with zero attached hydrogens (tertiary/aromatic N) is 1. The molecule has 84 valence electrons. The van der Waals surface area contributed by atoms with Crippen molar-refractivity contribution >= 4 is 34.3 Å². The number of esters is 1. The average molecular weight is 296 g/mol. The first-order valence-electron chi connectivity index (χ1n) is 4.07. The van der Waals surface area contributed by atoms with Gasteiger partial charge in [0.2, 0.25) is 0 Å². The number of hydrogen-bond acceptors (Lipinski definition) is 4. The van der Waals surface area contributed by atoms with Crippen LogP contribution in [0.3, 0.4) is 0 Å². The number of halogens is 2. The molecule has 1 heterocycles. The van der Waals surface area contributed by atoms with E-state index >= 15 is 0 Å². The lowest BCUT2D eigenvalue weighted by molar-refractivity contribution is -0.142. The molecule has 0 amide bonds. The molecule has 0 fully saturated rings. The normalized spacial score (nSPS) is 11.4. The van der Waals surface area contributed by atoms with Gasteiger partial charge in [0, 0.05) is 22.8 Å². The van der Waals surface area contributed by atoms with E-state index in [4.69, 9.17) is 5.73 Å². The summed E-state index contributed by atoms with van der Waals surface area (Å²) in [6.45, 7) is 0. The molecule has 0 unspecified atom stereocenters. The van der Waals surface area contributed by atoms with Gasteiger partial charge in [0.25, 0.3) is 0 Å². The van der Waals surface area contributed by atoms with Crippen molar-refractivity contribution in [3.05, 3.63) is 28.5 Å². The number of methoxy groups -OCH3 is 1. The molecule has 0 aliphatic heterocycles. The van der Waals surface area contributed by atoms with Crippen LogP contribution in [0.25, 0.3) is 0 Å². The summed E-state index contributed by atoms with van der Waals surface area (Å²) in [7, 11) is 1.32. The van der Waals surface area contributed by atoms with E-state index in [2.05, 4.69) is 25.7 Å². The van der Waals surface area contributed by atoms with Crippen molar-refractivity contribution in [1.82, 2.24) is 4.98 Å². The molecule has 0 saturated carbocycles. The minimum absolute atomic E-state index is 0. The number of hydrogen-bond donors (Lipinski definition) is 1. The maximum Gasteiger partial charge on any atom is 0.323 e. The number of carbonyl (C=O) groups excluding carboxylic acids is 1. The van der Waals surface area contributed by atoms with E-state index in [0.29, 0.717) is 6.42 Å². The van der Waals surface area contributed by atoms with Gasteiger partial charge in [0.1, 0.15) is 6.04 Å². The van der Waals surface area contributed by atoms with Gasteiger partial charge in [0.05, 0.1) is 7.11 Å². The Labute approximate surface area is 103 Å². The molecule has 1 aromatic heterocycles. The highest BCUT2D eigenvalue weighted by Crippen LogP contribution is 2.08. The average Bonchev–Trinajstić information content (AvgIpc) is 2.20. The lowest BCUT2D eigenvalue weighted by Gasteiger charge is -2.07. The fourth-order valence-electron chi connectivity index (χ4n) is 0.987. The Hall–Kier alpha value is -0.650. The lowest BCUT2D eigenvalue weighted by Crippen LogP contribution is -2.33. The van der Waals surface area contributed by atoms with Crippen molar-refractivity contribution in [2.24, 2.45) is 5.73 Å². The third-order valence-corrected chi connectivity index (χ3v) is 2.19. The Morgan fingerprint density at radius 3 is 2.80 bits per heavy atom. The second kappa shape index (κ2) is 6.76.